The Morgan fingerprint density at radius 2 is 1.86 bits per heavy atom. The van der Waals surface area contributed by atoms with Gasteiger partial charge in [0.25, 0.3) is 5.69 Å². The maximum Gasteiger partial charge on any atom is 0.271 e. The number of nitro groups is 1. The van der Waals surface area contributed by atoms with Crippen molar-refractivity contribution in [3.8, 4) is 0 Å². The second-order valence-electron chi connectivity index (χ2n) is 5.77. The second-order valence-corrected chi connectivity index (χ2v) is 6.58. The van der Waals surface area contributed by atoms with Crippen LogP contribution < -0.4 is 10.6 Å². The number of nitro benzene ring substituents is 1. The highest BCUT2D eigenvalue weighted by atomic mass is 35.5. The zero-order valence-corrected chi connectivity index (χ0v) is 16.0. The molecule has 0 fully saturated rings. The standard InChI is InChI=1S/C20H14ClN3O3S/c21-17-12-15(24(26)27)9-10-18(17)22-20(28)23-19(25)11-8-14-6-3-5-13-4-1-2-7-16(13)14/h1-12H,(H2,22,23,25,28). The number of carbonyl (C=O) groups is 1. The molecule has 3 aromatic rings. The van der Waals surface area contributed by atoms with E-state index in [1.54, 1.807) is 6.08 Å². The van der Waals surface area contributed by atoms with E-state index in [0.717, 1.165) is 16.3 Å². The minimum absolute atomic E-state index is 0.0309. The lowest BCUT2D eigenvalue weighted by Crippen LogP contribution is -2.32. The number of hydrogen-bond acceptors (Lipinski definition) is 4. The number of amides is 1. The fourth-order valence-electron chi connectivity index (χ4n) is 2.59. The molecule has 3 rings (SSSR count). The van der Waals surface area contributed by atoms with Crippen molar-refractivity contribution in [1.29, 1.82) is 0 Å². The highest BCUT2D eigenvalue weighted by Gasteiger charge is 2.11. The number of thiocarbonyl (C=S) groups is 1. The van der Waals surface area contributed by atoms with Gasteiger partial charge in [-0.2, -0.15) is 0 Å². The van der Waals surface area contributed by atoms with Gasteiger partial charge in [0, 0.05) is 18.2 Å². The van der Waals surface area contributed by atoms with Crippen LogP contribution in [-0.4, -0.2) is 15.9 Å². The summed E-state index contributed by atoms with van der Waals surface area (Å²) in [4.78, 5) is 22.3. The van der Waals surface area contributed by atoms with Crippen LogP contribution in [0.4, 0.5) is 11.4 Å². The fourth-order valence-corrected chi connectivity index (χ4v) is 3.02. The van der Waals surface area contributed by atoms with Crippen LogP contribution in [0, 0.1) is 10.1 Å². The summed E-state index contributed by atoms with van der Waals surface area (Å²) in [7, 11) is 0. The molecule has 0 unspecified atom stereocenters. The van der Waals surface area contributed by atoms with E-state index in [1.807, 2.05) is 42.5 Å². The molecule has 0 aliphatic rings. The smallest absolute Gasteiger partial charge is 0.271 e. The van der Waals surface area contributed by atoms with Gasteiger partial charge in [0.1, 0.15) is 0 Å². The summed E-state index contributed by atoms with van der Waals surface area (Å²) < 4.78 is 0. The predicted molar refractivity (Wildman–Crippen MR) is 115 cm³/mol. The SMILES string of the molecule is O=C(C=Cc1cccc2ccccc12)NC(=S)Nc1ccc([N+](=O)[O-])cc1Cl. The van der Waals surface area contributed by atoms with Crippen LogP contribution >= 0.6 is 23.8 Å². The van der Waals surface area contributed by atoms with Gasteiger partial charge in [0.15, 0.2) is 5.11 Å². The van der Waals surface area contributed by atoms with Crippen LogP contribution in [0.3, 0.4) is 0 Å². The monoisotopic (exact) mass is 411 g/mol. The van der Waals surface area contributed by atoms with Crippen molar-refractivity contribution in [3.63, 3.8) is 0 Å². The first kappa shape index (κ1) is 19.5. The van der Waals surface area contributed by atoms with Crippen LogP contribution in [0.15, 0.2) is 66.7 Å². The van der Waals surface area contributed by atoms with E-state index in [4.69, 9.17) is 23.8 Å². The molecule has 0 heterocycles. The van der Waals surface area contributed by atoms with E-state index in [1.165, 1.54) is 24.3 Å². The first-order valence-corrected chi connectivity index (χ1v) is 8.94. The molecular formula is C20H14ClN3O3S. The molecule has 0 aliphatic heterocycles. The van der Waals surface area contributed by atoms with Gasteiger partial charge in [0.05, 0.1) is 15.6 Å². The Morgan fingerprint density at radius 1 is 1.11 bits per heavy atom. The third-order valence-corrected chi connectivity index (χ3v) is 4.40. The van der Waals surface area contributed by atoms with E-state index >= 15 is 0 Å². The molecule has 0 aromatic heterocycles. The van der Waals surface area contributed by atoms with Crippen molar-refractivity contribution in [1.82, 2.24) is 5.32 Å². The third kappa shape index (κ3) is 4.70. The molecule has 28 heavy (non-hydrogen) atoms. The Morgan fingerprint density at radius 3 is 2.61 bits per heavy atom. The number of nitrogens with one attached hydrogen (secondary N) is 2. The van der Waals surface area contributed by atoms with Gasteiger partial charge in [0.2, 0.25) is 5.91 Å². The zero-order chi connectivity index (χ0) is 20.1. The van der Waals surface area contributed by atoms with Crippen LogP contribution in [0.2, 0.25) is 5.02 Å². The Bertz CT molecular complexity index is 1110. The molecule has 0 aliphatic carbocycles. The lowest BCUT2D eigenvalue weighted by atomic mass is 10.0. The average Bonchev–Trinajstić information content (AvgIpc) is 2.67. The lowest BCUT2D eigenvalue weighted by Gasteiger charge is -2.09. The topological polar surface area (TPSA) is 84.3 Å². The number of benzene rings is 3. The summed E-state index contributed by atoms with van der Waals surface area (Å²) >= 11 is 11.1. The van der Waals surface area contributed by atoms with Crippen LogP contribution in [0.5, 0.6) is 0 Å². The van der Waals surface area contributed by atoms with E-state index in [2.05, 4.69) is 10.6 Å². The van der Waals surface area contributed by atoms with Crippen molar-refractivity contribution in [2.75, 3.05) is 5.32 Å². The van der Waals surface area contributed by atoms with E-state index in [0.29, 0.717) is 5.69 Å². The fraction of sp³-hybridized carbons (Fsp3) is 0. The Hall–Kier alpha value is -3.29. The number of non-ortho nitro benzene ring substituents is 1. The van der Waals surface area contributed by atoms with Crippen LogP contribution in [0.1, 0.15) is 5.56 Å². The van der Waals surface area contributed by atoms with Gasteiger partial charge < -0.3 is 5.32 Å². The predicted octanol–water partition coefficient (Wildman–Crippen LogP) is 4.93. The summed E-state index contributed by atoms with van der Waals surface area (Å²) in [6.07, 6.45) is 3.09. The molecule has 3 aromatic carbocycles. The molecule has 8 heteroatoms. The molecule has 0 bridgehead atoms. The quantitative estimate of drug-likeness (QED) is 0.275. The maximum atomic E-state index is 12.1. The van der Waals surface area contributed by atoms with Crippen LogP contribution in [0.25, 0.3) is 16.8 Å². The minimum Gasteiger partial charge on any atom is -0.331 e. The summed E-state index contributed by atoms with van der Waals surface area (Å²) in [6.45, 7) is 0. The molecule has 0 saturated heterocycles. The van der Waals surface area contributed by atoms with Crippen molar-refractivity contribution < 1.29 is 9.72 Å². The van der Waals surface area contributed by atoms with Gasteiger partial charge in [-0.25, -0.2) is 0 Å². The molecule has 0 atom stereocenters. The molecule has 1 amide bonds. The summed E-state index contributed by atoms with van der Waals surface area (Å²) in [5.41, 5.74) is 1.13. The third-order valence-electron chi connectivity index (χ3n) is 3.89. The first-order chi connectivity index (χ1) is 13.4. The van der Waals surface area contributed by atoms with Crippen molar-refractivity contribution in [2.45, 2.75) is 0 Å². The molecule has 0 radical (unpaired) electrons. The minimum atomic E-state index is -0.548. The second kappa shape index (κ2) is 8.60. The number of anilines is 1. The van der Waals surface area contributed by atoms with Gasteiger partial charge in [-0.3, -0.25) is 20.2 Å². The van der Waals surface area contributed by atoms with Crippen molar-refractivity contribution >= 4 is 63.1 Å². The average molecular weight is 412 g/mol. The number of halogens is 1. The normalized spacial score (nSPS) is 10.8. The maximum absolute atomic E-state index is 12.1. The zero-order valence-electron chi connectivity index (χ0n) is 14.4. The van der Waals surface area contributed by atoms with E-state index < -0.39 is 10.8 Å². The van der Waals surface area contributed by atoms with Crippen molar-refractivity contribution in [3.05, 3.63) is 87.4 Å². The summed E-state index contributed by atoms with van der Waals surface area (Å²) in [5, 5.41) is 18.3. The van der Waals surface area contributed by atoms with Gasteiger partial charge in [-0.05, 0) is 40.7 Å². The molecule has 2 N–H and O–H groups in total. The molecule has 140 valence electrons. The number of fused-ring (bicyclic) bond motifs is 1. The van der Waals surface area contributed by atoms with Crippen LogP contribution in [-0.2, 0) is 4.79 Å². The first-order valence-electron chi connectivity index (χ1n) is 8.16. The van der Waals surface area contributed by atoms with E-state index in [9.17, 15) is 14.9 Å². The van der Waals surface area contributed by atoms with Gasteiger partial charge in [-0.15, -0.1) is 0 Å². The highest BCUT2D eigenvalue weighted by molar-refractivity contribution is 7.80. The Labute approximate surface area is 171 Å². The number of rotatable bonds is 4. The summed E-state index contributed by atoms with van der Waals surface area (Å²) in [5.74, 6) is -0.413. The highest BCUT2D eigenvalue weighted by Crippen LogP contribution is 2.26. The molecular weight excluding hydrogens is 398 g/mol. The Kier molecular flexibility index (Phi) is 5.98. The largest absolute Gasteiger partial charge is 0.331 e. The van der Waals surface area contributed by atoms with Gasteiger partial charge in [-0.1, -0.05) is 54.1 Å². The summed E-state index contributed by atoms with van der Waals surface area (Å²) in [6, 6.07) is 17.6. The lowest BCUT2D eigenvalue weighted by molar-refractivity contribution is -0.384. The Balaban J connectivity index is 1.65. The number of nitrogens with zero attached hydrogens (tertiary/aromatic N) is 1. The van der Waals surface area contributed by atoms with Gasteiger partial charge >= 0.3 is 0 Å². The van der Waals surface area contributed by atoms with Crippen molar-refractivity contribution in [2.24, 2.45) is 0 Å². The molecule has 0 saturated carbocycles. The molecule has 0 spiro atoms. The molecule has 6 nitrogen and oxygen atoms in total. The number of hydrogen-bond donors (Lipinski definition) is 2. The number of carbonyl (C=O) groups excluding carboxylic acids is 1. The van der Waals surface area contributed by atoms with E-state index in [-0.39, 0.29) is 15.8 Å².